The molecule has 26 heavy (non-hydrogen) atoms. The first-order valence-corrected chi connectivity index (χ1v) is 9.00. The molecule has 3 atom stereocenters. The predicted octanol–water partition coefficient (Wildman–Crippen LogP) is 1.81. The molecule has 1 aliphatic rings. The van der Waals surface area contributed by atoms with Crippen molar-refractivity contribution >= 4 is 16.9 Å². The number of aryl methyl sites for hydroxylation is 1. The molecule has 0 unspecified atom stereocenters. The van der Waals surface area contributed by atoms with Gasteiger partial charge in [-0.05, 0) is 38.3 Å². The van der Waals surface area contributed by atoms with Crippen LogP contribution in [0.4, 0.5) is 0 Å². The second-order valence-electron chi connectivity index (χ2n) is 6.91. The molecule has 2 N–H and O–H groups in total. The first-order chi connectivity index (χ1) is 12.6. The molecule has 7 heteroatoms. The Morgan fingerprint density at radius 1 is 1.31 bits per heavy atom. The first-order valence-electron chi connectivity index (χ1n) is 9.00. The van der Waals surface area contributed by atoms with Gasteiger partial charge in [0.15, 0.2) is 0 Å². The topological polar surface area (TPSA) is 85.0 Å². The molecular weight excluding hydrogens is 330 g/mol. The Kier molecular flexibility index (Phi) is 4.46. The van der Waals surface area contributed by atoms with E-state index in [0.717, 1.165) is 36.1 Å². The summed E-state index contributed by atoms with van der Waals surface area (Å²) in [6, 6.07) is 7.43. The lowest BCUT2D eigenvalue weighted by Crippen LogP contribution is -2.50. The molecule has 7 nitrogen and oxygen atoms in total. The number of imidazole rings is 2. The van der Waals surface area contributed by atoms with E-state index in [1.165, 1.54) is 0 Å². The van der Waals surface area contributed by atoms with Crippen LogP contribution in [0, 0.1) is 6.92 Å². The summed E-state index contributed by atoms with van der Waals surface area (Å²) in [6.45, 7) is 2.12. The Labute approximate surface area is 151 Å². The fourth-order valence-electron chi connectivity index (χ4n) is 3.90. The van der Waals surface area contributed by atoms with Crippen molar-refractivity contribution in [2.75, 3.05) is 0 Å². The van der Waals surface area contributed by atoms with Gasteiger partial charge in [0.05, 0.1) is 35.5 Å². The second-order valence-corrected chi connectivity index (χ2v) is 6.91. The molecule has 1 fully saturated rings. The molecule has 136 valence electrons. The van der Waals surface area contributed by atoms with Crippen molar-refractivity contribution in [2.45, 2.75) is 50.9 Å². The van der Waals surface area contributed by atoms with Crippen molar-refractivity contribution in [3.8, 4) is 0 Å². The lowest BCUT2D eigenvalue weighted by atomic mass is 9.87. The number of aromatic nitrogens is 4. The molecule has 0 radical (unpaired) electrons. The van der Waals surface area contributed by atoms with Gasteiger partial charge in [0.25, 0.3) is 0 Å². The maximum atomic E-state index is 12.5. The largest absolute Gasteiger partial charge is 0.389 e. The number of carbonyl (C=O) groups is 1. The highest BCUT2D eigenvalue weighted by Gasteiger charge is 2.34. The van der Waals surface area contributed by atoms with E-state index < -0.39 is 6.10 Å². The number of carbonyl (C=O) groups excluding carboxylic acids is 1. The van der Waals surface area contributed by atoms with Gasteiger partial charge in [-0.15, -0.1) is 0 Å². The molecule has 1 saturated carbocycles. The Hall–Kier alpha value is -2.67. The van der Waals surface area contributed by atoms with Crippen LogP contribution < -0.4 is 5.32 Å². The first kappa shape index (κ1) is 16.8. The zero-order valence-corrected chi connectivity index (χ0v) is 14.7. The van der Waals surface area contributed by atoms with Crippen LogP contribution in [0.1, 0.15) is 31.1 Å². The number of aliphatic hydroxyl groups is 1. The van der Waals surface area contributed by atoms with E-state index in [9.17, 15) is 9.90 Å². The van der Waals surface area contributed by atoms with Crippen molar-refractivity contribution in [3.05, 3.63) is 48.8 Å². The minimum atomic E-state index is -0.625. The molecule has 1 aliphatic carbocycles. The van der Waals surface area contributed by atoms with E-state index in [2.05, 4.69) is 15.3 Å². The van der Waals surface area contributed by atoms with Gasteiger partial charge in [-0.3, -0.25) is 4.79 Å². The average Bonchev–Trinajstić information content (AvgIpc) is 3.24. The van der Waals surface area contributed by atoms with E-state index in [-0.39, 0.29) is 24.5 Å². The van der Waals surface area contributed by atoms with Crippen molar-refractivity contribution in [1.29, 1.82) is 0 Å². The smallest absolute Gasteiger partial charge is 0.240 e. The Morgan fingerprint density at radius 2 is 2.15 bits per heavy atom. The Balaban J connectivity index is 1.44. The van der Waals surface area contributed by atoms with E-state index in [1.54, 1.807) is 12.5 Å². The number of hydrogen-bond acceptors (Lipinski definition) is 4. The van der Waals surface area contributed by atoms with Crippen LogP contribution in [-0.4, -0.2) is 42.3 Å². The number of para-hydroxylation sites is 2. The summed E-state index contributed by atoms with van der Waals surface area (Å²) in [4.78, 5) is 21.1. The summed E-state index contributed by atoms with van der Waals surface area (Å²) >= 11 is 0. The fraction of sp³-hybridized carbons (Fsp3) is 0.421. The molecule has 2 heterocycles. The number of nitrogens with one attached hydrogen (secondary N) is 1. The summed E-state index contributed by atoms with van der Waals surface area (Å²) in [7, 11) is 0. The third-order valence-corrected chi connectivity index (χ3v) is 5.23. The highest BCUT2D eigenvalue weighted by Crippen LogP contribution is 2.30. The third-order valence-electron chi connectivity index (χ3n) is 5.23. The third kappa shape index (κ3) is 3.10. The number of hydrogen-bond donors (Lipinski definition) is 2. The number of benzene rings is 1. The van der Waals surface area contributed by atoms with Crippen LogP contribution in [0.3, 0.4) is 0 Å². The number of rotatable bonds is 4. The fourth-order valence-corrected chi connectivity index (χ4v) is 3.90. The summed E-state index contributed by atoms with van der Waals surface area (Å²) in [5.41, 5.74) is 1.80. The van der Waals surface area contributed by atoms with Crippen LogP contribution in [0.15, 0.2) is 43.0 Å². The van der Waals surface area contributed by atoms with Gasteiger partial charge in [-0.25, -0.2) is 9.97 Å². The van der Waals surface area contributed by atoms with Gasteiger partial charge < -0.3 is 19.6 Å². The van der Waals surface area contributed by atoms with Gasteiger partial charge in [-0.1, -0.05) is 12.1 Å². The molecule has 1 aromatic carbocycles. The van der Waals surface area contributed by atoms with Gasteiger partial charge in [-0.2, -0.15) is 0 Å². The predicted molar refractivity (Wildman–Crippen MR) is 97.5 cm³/mol. The van der Waals surface area contributed by atoms with Gasteiger partial charge in [0.2, 0.25) is 5.91 Å². The van der Waals surface area contributed by atoms with Crippen molar-refractivity contribution in [2.24, 2.45) is 0 Å². The van der Waals surface area contributed by atoms with E-state index in [0.29, 0.717) is 0 Å². The van der Waals surface area contributed by atoms with E-state index in [4.69, 9.17) is 0 Å². The van der Waals surface area contributed by atoms with Gasteiger partial charge >= 0.3 is 0 Å². The zero-order valence-electron chi connectivity index (χ0n) is 14.7. The minimum Gasteiger partial charge on any atom is -0.389 e. The van der Waals surface area contributed by atoms with Crippen LogP contribution >= 0.6 is 0 Å². The van der Waals surface area contributed by atoms with Crippen LogP contribution in [0.2, 0.25) is 0 Å². The van der Waals surface area contributed by atoms with Crippen molar-refractivity contribution < 1.29 is 9.90 Å². The summed E-state index contributed by atoms with van der Waals surface area (Å²) in [6.07, 6.45) is 7.32. The zero-order chi connectivity index (χ0) is 18.1. The molecular formula is C19H23N5O2. The molecule has 1 amide bonds. The molecule has 0 saturated heterocycles. The average molecular weight is 353 g/mol. The van der Waals surface area contributed by atoms with E-state index in [1.807, 2.05) is 46.5 Å². The summed E-state index contributed by atoms with van der Waals surface area (Å²) in [5.74, 6) is 0.770. The highest BCUT2D eigenvalue weighted by molar-refractivity contribution is 5.80. The van der Waals surface area contributed by atoms with Gasteiger partial charge in [0, 0.05) is 12.4 Å². The minimum absolute atomic E-state index is 0.0503. The quantitative estimate of drug-likeness (QED) is 0.749. The number of aliphatic hydroxyl groups excluding tert-OH is 1. The molecule has 0 spiro atoms. The monoisotopic (exact) mass is 353 g/mol. The lowest BCUT2D eigenvalue weighted by molar-refractivity contribution is -0.124. The lowest BCUT2D eigenvalue weighted by Gasteiger charge is -2.36. The number of amides is 1. The SMILES string of the molecule is Cc1nccn1[C@@H]1CCC[C@@H](NC(=O)Cn2cnc3ccccc32)[C@H]1O. The molecule has 0 aliphatic heterocycles. The van der Waals surface area contributed by atoms with Crippen molar-refractivity contribution in [1.82, 2.24) is 24.4 Å². The van der Waals surface area contributed by atoms with Crippen LogP contribution in [0.25, 0.3) is 11.0 Å². The second kappa shape index (κ2) is 6.92. The van der Waals surface area contributed by atoms with Crippen LogP contribution in [-0.2, 0) is 11.3 Å². The molecule has 2 aromatic heterocycles. The van der Waals surface area contributed by atoms with Crippen molar-refractivity contribution in [3.63, 3.8) is 0 Å². The van der Waals surface area contributed by atoms with Gasteiger partial charge in [0.1, 0.15) is 12.4 Å². The highest BCUT2D eigenvalue weighted by atomic mass is 16.3. The maximum absolute atomic E-state index is 12.5. The Morgan fingerprint density at radius 3 is 2.96 bits per heavy atom. The molecule has 4 rings (SSSR count). The summed E-state index contributed by atoms with van der Waals surface area (Å²) < 4.78 is 3.84. The van der Waals surface area contributed by atoms with Crippen LogP contribution in [0.5, 0.6) is 0 Å². The van der Waals surface area contributed by atoms with E-state index >= 15 is 0 Å². The Bertz CT molecular complexity index is 915. The molecule has 0 bridgehead atoms. The number of nitrogens with zero attached hydrogens (tertiary/aromatic N) is 4. The molecule has 3 aromatic rings. The number of fused-ring (bicyclic) bond motifs is 1. The maximum Gasteiger partial charge on any atom is 0.240 e. The normalized spacial score (nSPS) is 23.2. The standard InChI is InChI=1S/C19H23N5O2/c1-13-20-9-10-24(13)17-8-4-6-15(19(17)26)22-18(25)11-23-12-21-14-5-2-3-7-16(14)23/h2-3,5,7,9-10,12,15,17,19,26H,4,6,8,11H2,1H3,(H,22,25)/t15-,17-,19-/m1/s1. The summed E-state index contributed by atoms with van der Waals surface area (Å²) in [5, 5.41) is 13.8.